The van der Waals surface area contributed by atoms with Gasteiger partial charge in [-0.15, -0.1) is 0 Å². The summed E-state index contributed by atoms with van der Waals surface area (Å²) in [5.41, 5.74) is 2.61. The van der Waals surface area contributed by atoms with Crippen LogP contribution in [-0.4, -0.2) is 32.9 Å². The number of quaternary nitrogens is 1. The minimum absolute atomic E-state index is 0.968. The lowest BCUT2D eigenvalue weighted by atomic mass is 10.1. The second-order valence-electron chi connectivity index (χ2n) is 7.84. The van der Waals surface area contributed by atoms with Gasteiger partial charge in [-0.25, -0.2) is 0 Å². The van der Waals surface area contributed by atoms with Crippen LogP contribution in [0.3, 0.4) is 0 Å². The second kappa shape index (κ2) is 14.0. The van der Waals surface area contributed by atoms with Crippen LogP contribution in [-0.2, 0) is 0 Å². The molecule has 26 heavy (non-hydrogen) atoms. The first-order valence-electron chi connectivity index (χ1n) is 11.1. The van der Waals surface area contributed by atoms with Crippen LogP contribution in [0.5, 0.6) is 0 Å². The van der Waals surface area contributed by atoms with E-state index in [4.69, 9.17) is 0 Å². The van der Waals surface area contributed by atoms with Gasteiger partial charge in [0.25, 0.3) is 0 Å². The van der Waals surface area contributed by atoms with Gasteiger partial charge in [-0.2, -0.15) is 0 Å². The Hall–Kier alpha value is -1.15. The quantitative estimate of drug-likeness (QED) is 0.181. The molecule has 0 aliphatic rings. The molecule has 1 rings (SSSR count). The lowest BCUT2D eigenvalue weighted by Crippen LogP contribution is -2.44. The smallest absolute Gasteiger partial charge is 0.132 e. The summed E-state index contributed by atoms with van der Waals surface area (Å²) in [4.78, 5) is 4.61. The molecule has 148 valence electrons. The molecule has 0 aromatic heterocycles. The van der Waals surface area contributed by atoms with Gasteiger partial charge in [0, 0.05) is 12.8 Å². The molecule has 0 bridgehead atoms. The summed E-state index contributed by atoms with van der Waals surface area (Å²) in [5, 5.41) is 0. The molecule has 2 heteroatoms. The van der Waals surface area contributed by atoms with Crippen LogP contribution < -0.4 is 4.48 Å². The van der Waals surface area contributed by atoms with Crippen molar-refractivity contribution in [2.75, 3.05) is 26.7 Å². The van der Waals surface area contributed by atoms with Crippen LogP contribution in [0.4, 0.5) is 5.69 Å². The van der Waals surface area contributed by atoms with Crippen molar-refractivity contribution in [3.8, 4) is 0 Å². The number of hydrogen-bond acceptors (Lipinski definition) is 1. The van der Waals surface area contributed by atoms with Crippen LogP contribution in [0.25, 0.3) is 0 Å². The van der Waals surface area contributed by atoms with E-state index < -0.39 is 0 Å². The fourth-order valence-corrected chi connectivity index (χ4v) is 3.37. The predicted octanol–water partition coefficient (Wildman–Crippen LogP) is 7.00. The number of unbranched alkanes of at least 4 members (excludes halogenated alkanes) is 9. The standard InChI is InChI=1S/C24H43N2/c1-5-8-9-10-11-12-13-14-15-16-21-25-22-23-17-19-24(20-18-23)26(4,6-2)7-3/h17-20,22H,5-16,21H2,1-4H3/q+1. The van der Waals surface area contributed by atoms with E-state index >= 15 is 0 Å². The first kappa shape index (κ1) is 22.9. The average Bonchev–Trinajstić information content (AvgIpc) is 2.68. The summed E-state index contributed by atoms with van der Waals surface area (Å²) in [6.45, 7) is 10.0. The number of aliphatic imine (C=N–C) groups is 1. The van der Waals surface area contributed by atoms with Gasteiger partial charge in [-0.05, 0) is 50.1 Å². The summed E-state index contributed by atoms with van der Waals surface area (Å²) in [6.07, 6.45) is 15.9. The minimum atomic E-state index is 0.968. The van der Waals surface area contributed by atoms with E-state index in [9.17, 15) is 0 Å². The molecule has 0 saturated heterocycles. The van der Waals surface area contributed by atoms with E-state index in [1.807, 2.05) is 6.21 Å². The van der Waals surface area contributed by atoms with Crippen LogP contribution in [0.2, 0.25) is 0 Å². The molecule has 0 fully saturated rings. The van der Waals surface area contributed by atoms with Gasteiger partial charge in [-0.1, -0.05) is 64.7 Å². The Bertz CT molecular complexity index is 471. The molecule has 1 aromatic carbocycles. The highest BCUT2D eigenvalue weighted by atomic mass is 15.3. The van der Waals surface area contributed by atoms with Gasteiger partial charge in [0.1, 0.15) is 5.69 Å². The fourth-order valence-electron chi connectivity index (χ4n) is 3.37. The van der Waals surface area contributed by atoms with Crippen molar-refractivity contribution in [3.63, 3.8) is 0 Å². The van der Waals surface area contributed by atoms with Gasteiger partial charge in [0.05, 0.1) is 20.1 Å². The molecule has 0 N–H and O–H groups in total. The minimum Gasteiger partial charge on any atom is -0.294 e. The highest BCUT2D eigenvalue weighted by Crippen LogP contribution is 2.20. The summed E-state index contributed by atoms with van der Waals surface area (Å²) in [6, 6.07) is 8.93. The highest BCUT2D eigenvalue weighted by molar-refractivity contribution is 5.80. The summed E-state index contributed by atoms with van der Waals surface area (Å²) in [7, 11) is 2.30. The van der Waals surface area contributed by atoms with Crippen LogP contribution >= 0.6 is 0 Å². The van der Waals surface area contributed by atoms with Crippen molar-refractivity contribution in [2.45, 2.75) is 85.0 Å². The Morgan fingerprint density at radius 2 is 1.23 bits per heavy atom. The van der Waals surface area contributed by atoms with E-state index in [0.717, 1.165) is 24.1 Å². The predicted molar refractivity (Wildman–Crippen MR) is 120 cm³/mol. The molecule has 0 spiro atoms. The number of rotatable bonds is 15. The van der Waals surface area contributed by atoms with Crippen molar-refractivity contribution < 1.29 is 0 Å². The second-order valence-corrected chi connectivity index (χ2v) is 7.84. The molecule has 0 aliphatic heterocycles. The van der Waals surface area contributed by atoms with E-state index in [-0.39, 0.29) is 0 Å². The van der Waals surface area contributed by atoms with Crippen LogP contribution in [0, 0.1) is 0 Å². The Morgan fingerprint density at radius 1 is 0.731 bits per heavy atom. The zero-order valence-corrected chi connectivity index (χ0v) is 18.0. The largest absolute Gasteiger partial charge is 0.294 e. The SMILES string of the molecule is CCCCCCCCCCCCN=Cc1ccc([N+](C)(CC)CC)cc1. The molecular weight excluding hydrogens is 316 g/mol. The molecular formula is C24H43N2+. The molecule has 2 nitrogen and oxygen atoms in total. The number of nitrogens with zero attached hydrogens (tertiary/aromatic N) is 2. The van der Waals surface area contributed by atoms with Crippen molar-refractivity contribution in [1.29, 1.82) is 0 Å². The Labute approximate surface area is 163 Å². The third kappa shape index (κ3) is 8.98. The topological polar surface area (TPSA) is 12.4 Å². The molecule has 0 atom stereocenters. The normalized spacial score (nSPS) is 12.2. The van der Waals surface area contributed by atoms with Crippen LogP contribution in [0.15, 0.2) is 29.3 Å². The third-order valence-corrected chi connectivity index (χ3v) is 5.79. The first-order chi connectivity index (χ1) is 12.7. The monoisotopic (exact) mass is 359 g/mol. The maximum Gasteiger partial charge on any atom is 0.132 e. The lowest BCUT2D eigenvalue weighted by Gasteiger charge is -2.31. The van der Waals surface area contributed by atoms with Gasteiger partial charge in [0.15, 0.2) is 0 Å². The third-order valence-electron chi connectivity index (χ3n) is 5.79. The summed E-state index contributed by atoms with van der Waals surface area (Å²) >= 11 is 0. The molecule has 0 saturated carbocycles. The van der Waals surface area contributed by atoms with Crippen molar-refractivity contribution in [3.05, 3.63) is 29.8 Å². The van der Waals surface area contributed by atoms with Crippen molar-refractivity contribution >= 4 is 11.9 Å². The maximum absolute atomic E-state index is 4.61. The van der Waals surface area contributed by atoms with Crippen LogP contribution in [0.1, 0.15) is 90.5 Å². The fraction of sp³-hybridized carbons (Fsp3) is 0.708. The zero-order chi connectivity index (χ0) is 19.1. The van der Waals surface area contributed by atoms with Gasteiger partial charge in [-0.3, -0.25) is 9.48 Å². The Kier molecular flexibility index (Phi) is 12.3. The summed E-state index contributed by atoms with van der Waals surface area (Å²) in [5.74, 6) is 0. The van der Waals surface area contributed by atoms with Crippen molar-refractivity contribution in [1.82, 2.24) is 4.48 Å². The highest BCUT2D eigenvalue weighted by Gasteiger charge is 2.19. The zero-order valence-electron chi connectivity index (χ0n) is 18.0. The van der Waals surface area contributed by atoms with Gasteiger partial charge < -0.3 is 0 Å². The Morgan fingerprint density at radius 3 is 1.73 bits per heavy atom. The average molecular weight is 360 g/mol. The first-order valence-corrected chi connectivity index (χ1v) is 11.1. The molecule has 0 unspecified atom stereocenters. The Balaban J connectivity index is 2.13. The number of benzene rings is 1. The van der Waals surface area contributed by atoms with E-state index in [2.05, 4.69) is 57.1 Å². The molecule has 1 aromatic rings. The van der Waals surface area contributed by atoms with E-state index in [0.29, 0.717) is 0 Å². The summed E-state index contributed by atoms with van der Waals surface area (Å²) < 4.78 is 0.996. The van der Waals surface area contributed by atoms with Gasteiger partial charge >= 0.3 is 0 Å². The molecule has 0 amide bonds. The van der Waals surface area contributed by atoms with E-state index in [1.165, 1.54) is 75.5 Å². The maximum atomic E-state index is 4.61. The van der Waals surface area contributed by atoms with Crippen molar-refractivity contribution in [2.24, 2.45) is 4.99 Å². The van der Waals surface area contributed by atoms with Gasteiger partial charge in [0.2, 0.25) is 0 Å². The molecule has 0 radical (unpaired) electrons. The lowest BCUT2D eigenvalue weighted by molar-refractivity contribution is 0.365. The molecule has 0 aliphatic carbocycles. The molecule has 0 heterocycles. The number of hydrogen-bond donors (Lipinski definition) is 0. The van der Waals surface area contributed by atoms with E-state index in [1.54, 1.807) is 0 Å².